The third-order valence-electron chi connectivity index (χ3n) is 4.60. The number of nitrogens with zero attached hydrogens (tertiary/aromatic N) is 1. The molecule has 0 saturated carbocycles. The molecular formula is C23H20Cl2N2O4. The molecule has 6 nitrogen and oxygen atoms in total. The number of rotatable bonds is 7. The normalized spacial score (nSPS) is 12.7. The Labute approximate surface area is 190 Å². The summed E-state index contributed by atoms with van der Waals surface area (Å²) < 4.78 is 16.2. The molecule has 2 aromatic carbocycles. The van der Waals surface area contributed by atoms with Gasteiger partial charge in [0, 0.05) is 17.1 Å². The second-order valence-electron chi connectivity index (χ2n) is 6.68. The van der Waals surface area contributed by atoms with Gasteiger partial charge in [0.15, 0.2) is 11.5 Å². The van der Waals surface area contributed by atoms with Gasteiger partial charge in [-0.25, -0.2) is 0 Å². The summed E-state index contributed by atoms with van der Waals surface area (Å²) in [4.78, 5) is 12.5. The van der Waals surface area contributed by atoms with Crippen LogP contribution in [-0.4, -0.2) is 33.3 Å². The van der Waals surface area contributed by atoms with Crippen LogP contribution in [0, 0.1) is 11.3 Å². The number of hydrogen-bond acceptors (Lipinski definition) is 5. The predicted molar refractivity (Wildman–Crippen MR) is 120 cm³/mol. The molecular weight excluding hydrogens is 439 g/mol. The number of benzene rings is 2. The van der Waals surface area contributed by atoms with E-state index in [-0.39, 0.29) is 12.2 Å². The average molecular weight is 459 g/mol. The lowest BCUT2D eigenvalue weighted by Crippen LogP contribution is -2.27. The molecule has 8 heteroatoms. The van der Waals surface area contributed by atoms with Crippen molar-refractivity contribution in [2.45, 2.75) is 6.42 Å². The number of nitrogens with one attached hydrogen (secondary N) is 1. The van der Waals surface area contributed by atoms with Crippen LogP contribution in [0.3, 0.4) is 0 Å². The highest BCUT2D eigenvalue weighted by Crippen LogP contribution is 2.36. The molecule has 1 N–H and O–H groups in total. The topological polar surface area (TPSA) is 80.6 Å². The Morgan fingerprint density at radius 1 is 1.23 bits per heavy atom. The quantitative estimate of drug-likeness (QED) is 0.484. The van der Waals surface area contributed by atoms with Crippen LogP contribution in [0.25, 0.3) is 6.08 Å². The van der Waals surface area contributed by atoms with Crippen LogP contribution >= 0.6 is 23.2 Å². The molecule has 1 aliphatic heterocycles. The van der Waals surface area contributed by atoms with Crippen molar-refractivity contribution >= 4 is 35.2 Å². The van der Waals surface area contributed by atoms with E-state index in [1.54, 1.807) is 32.4 Å². The summed E-state index contributed by atoms with van der Waals surface area (Å²) in [5.74, 6) is 1.32. The third-order valence-corrected chi connectivity index (χ3v) is 5.10. The van der Waals surface area contributed by atoms with Gasteiger partial charge in [-0.15, -0.1) is 0 Å². The van der Waals surface area contributed by atoms with E-state index in [2.05, 4.69) is 5.32 Å². The number of carbonyl (C=O) groups excluding carboxylic acids is 1. The second-order valence-corrected chi connectivity index (χ2v) is 7.52. The molecule has 0 spiro atoms. The van der Waals surface area contributed by atoms with Crippen molar-refractivity contribution in [3.8, 4) is 23.3 Å². The standard InChI is InChI=1S/C23H20Cl2N2O4/c1-29-20-4-3-14(9-21(20)30-2)5-6-27-23(28)17(12-26)8-15-7-16-10-18(24)11-19(25)22(16)31-13-15/h3-4,7-11H,5-6,13H2,1-2H3,(H,27,28)/b17-8-. The SMILES string of the molecule is COc1ccc(CCNC(=O)/C(C#N)=C\C2=Cc3cc(Cl)cc(Cl)c3OC2)cc1OC. The second kappa shape index (κ2) is 10.3. The Kier molecular flexibility index (Phi) is 7.45. The fourth-order valence-corrected chi connectivity index (χ4v) is 3.67. The monoisotopic (exact) mass is 458 g/mol. The molecule has 0 bridgehead atoms. The summed E-state index contributed by atoms with van der Waals surface area (Å²) in [7, 11) is 3.14. The van der Waals surface area contributed by atoms with Crippen molar-refractivity contribution < 1.29 is 19.0 Å². The number of ether oxygens (including phenoxy) is 3. The van der Waals surface area contributed by atoms with E-state index >= 15 is 0 Å². The van der Waals surface area contributed by atoms with E-state index in [1.165, 1.54) is 6.08 Å². The minimum absolute atomic E-state index is 0.0151. The van der Waals surface area contributed by atoms with E-state index in [0.717, 1.165) is 5.56 Å². The lowest BCUT2D eigenvalue weighted by Gasteiger charge is -2.18. The van der Waals surface area contributed by atoms with Gasteiger partial charge in [0.2, 0.25) is 0 Å². The lowest BCUT2D eigenvalue weighted by atomic mass is 10.0. The average Bonchev–Trinajstić information content (AvgIpc) is 2.76. The molecule has 0 aliphatic carbocycles. The predicted octanol–water partition coefficient (Wildman–Crippen LogP) is 4.60. The Hall–Kier alpha value is -3.14. The Balaban J connectivity index is 1.66. The zero-order valence-corrected chi connectivity index (χ0v) is 18.5. The summed E-state index contributed by atoms with van der Waals surface area (Å²) >= 11 is 12.2. The number of methoxy groups -OCH3 is 2. The third kappa shape index (κ3) is 5.52. The van der Waals surface area contributed by atoms with Gasteiger partial charge in [-0.1, -0.05) is 29.3 Å². The fraction of sp³-hybridized carbons (Fsp3) is 0.217. The van der Waals surface area contributed by atoms with Crippen LogP contribution in [0.2, 0.25) is 10.0 Å². The highest BCUT2D eigenvalue weighted by atomic mass is 35.5. The van der Waals surface area contributed by atoms with Crippen LogP contribution < -0.4 is 19.5 Å². The summed E-state index contributed by atoms with van der Waals surface area (Å²) in [6.45, 7) is 0.551. The highest BCUT2D eigenvalue weighted by molar-refractivity contribution is 6.36. The van der Waals surface area contributed by atoms with E-state index < -0.39 is 5.91 Å². The fourth-order valence-electron chi connectivity index (χ4n) is 3.11. The minimum Gasteiger partial charge on any atom is -0.493 e. The molecule has 0 fully saturated rings. The Morgan fingerprint density at radius 3 is 2.71 bits per heavy atom. The van der Waals surface area contributed by atoms with Crippen molar-refractivity contribution in [3.05, 3.63) is 68.7 Å². The molecule has 0 unspecified atom stereocenters. The first-order chi connectivity index (χ1) is 14.9. The molecule has 3 rings (SSSR count). The van der Waals surface area contributed by atoms with Crippen LogP contribution in [0.4, 0.5) is 0 Å². The molecule has 0 saturated heterocycles. The molecule has 1 heterocycles. The summed E-state index contributed by atoms with van der Waals surface area (Å²) in [5, 5.41) is 13.1. The van der Waals surface area contributed by atoms with Gasteiger partial charge in [-0.3, -0.25) is 4.79 Å². The Bertz CT molecular complexity index is 1100. The minimum atomic E-state index is -0.459. The van der Waals surface area contributed by atoms with Crippen LogP contribution in [-0.2, 0) is 11.2 Å². The van der Waals surface area contributed by atoms with Gasteiger partial charge >= 0.3 is 0 Å². The van der Waals surface area contributed by atoms with Gasteiger partial charge in [-0.05, 0) is 54.0 Å². The molecule has 0 aromatic heterocycles. The van der Waals surface area contributed by atoms with Crippen molar-refractivity contribution in [1.82, 2.24) is 5.32 Å². The summed E-state index contributed by atoms with van der Waals surface area (Å²) in [6, 6.07) is 10.8. The van der Waals surface area contributed by atoms with Crippen LogP contribution in [0.15, 0.2) is 47.6 Å². The highest BCUT2D eigenvalue weighted by Gasteiger charge is 2.17. The first kappa shape index (κ1) is 22.5. The number of halogens is 2. The first-order valence-corrected chi connectivity index (χ1v) is 10.1. The Morgan fingerprint density at radius 2 is 2.00 bits per heavy atom. The molecule has 0 radical (unpaired) electrons. The van der Waals surface area contributed by atoms with Crippen molar-refractivity contribution in [2.75, 3.05) is 27.4 Å². The maximum atomic E-state index is 12.5. The smallest absolute Gasteiger partial charge is 0.261 e. The molecule has 31 heavy (non-hydrogen) atoms. The van der Waals surface area contributed by atoms with Gasteiger partial charge < -0.3 is 19.5 Å². The van der Waals surface area contributed by atoms with Gasteiger partial charge in [0.05, 0.1) is 19.2 Å². The van der Waals surface area contributed by atoms with Gasteiger partial charge in [0.25, 0.3) is 5.91 Å². The van der Waals surface area contributed by atoms with Crippen molar-refractivity contribution in [2.24, 2.45) is 0 Å². The molecule has 160 valence electrons. The van der Waals surface area contributed by atoms with Crippen molar-refractivity contribution in [3.63, 3.8) is 0 Å². The zero-order chi connectivity index (χ0) is 22.4. The number of nitriles is 1. The lowest BCUT2D eigenvalue weighted by molar-refractivity contribution is -0.117. The van der Waals surface area contributed by atoms with Crippen molar-refractivity contribution in [1.29, 1.82) is 5.26 Å². The number of amides is 1. The first-order valence-electron chi connectivity index (χ1n) is 9.38. The van der Waals surface area contributed by atoms with Gasteiger partial charge in [0.1, 0.15) is 24.0 Å². The van der Waals surface area contributed by atoms with Crippen LogP contribution in [0.1, 0.15) is 11.1 Å². The van der Waals surface area contributed by atoms with E-state index in [4.69, 9.17) is 37.4 Å². The number of hydrogen-bond donors (Lipinski definition) is 1. The van der Waals surface area contributed by atoms with E-state index in [0.29, 0.717) is 51.4 Å². The number of fused-ring (bicyclic) bond motifs is 1. The maximum Gasteiger partial charge on any atom is 0.261 e. The van der Waals surface area contributed by atoms with E-state index in [1.807, 2.05) is 24.3 Å². The zero-order valence-electron chi connectivity index (χ0n) is 17.0. The molecule has 1 aliphatic rings. The molecule has 1 amide bonds. The largest absolute Gasteiger partial charge is 0.493 e. The van der Waals surface area contributed by atoms with Crippen LogP contribution in [0.5, 0.6) is 17.2 Å². The molecule has 0 atom stereocenters. The summed E-state index contributed by atoms with van der Waals surface area (Å²) in [5.41, 5.74) is 2.31. The number of carbonyl (C=O) groups is 1. The van der Waals surface area contributed by atoms with Gasteiger partial charge in [-0.2, -0.15) is 5.26 Å². The maximum absolute atomic E-state index is 12.5. The van der Waals surface area contributed by atoms with E-state index in [9.17, 15) is 10.1 Å². The summed E-state index contributed by atoms with van der Waals surface area (Å²) in [6.07, 6.45) is 3.87. The molecule has 2 aromatic rings.